The quantitative estimate of drug-likeness (QED) is 0.452. The third-order valence-corrected chi connectivity index (χ3v) is 5.75. The molecule has 8 nitrogen and oxygen atoms in total. The molecule has 0 spiro atoms. The molecule has 2 rings (SSSR count). The zero-order valence-electron chi connectivity index (χ0n) is 20.0. The van der Waals surface area contributed by atoms with E-state index in [2.05, 4.69) is 50.7 Å². The van der Waals surface area contributed by atoms with Gasteiger partial charge in [-0.15, -0.1) is 0 Å². The predicted molar refractivity (Wildman–Crippen MR) is 127 cm³/mol. The van der Waals surface area contributed by atoms with E-state index in [9.17, 15) is 4.79 Å². The molecule has 31 heavy (non-hydrogen) atoms. The third-order valence-electron chi connectivity index (χ3n) is 5.75. The van der Waals surface area contributed by atoms with Crippen LogP contribution in [0.15, 0.2) is 29.4 Å². The average molecular weight is 433 g/mol. The van der Waals surface area contributed by atoms with Crippen LogP contribution in [0.25, 0.3) is 0 Å². The standard InChI is InChI=1S/C23H40N6O2/c1-7-23(8-2,28-21(30)31-22(3,4)5)17-26-20(24-6)27-18-12-15-29(16-13-18)19-11-9-10-14-25-19/h9-11,14,18H,7-8,12-13,15-17H2,1-6H3,(H,28,30)(H2,24,26,27). The largest absolute Gasteiger partial charge is 0.444 e. The van der Waals surface area contributed by atoms with Gasteiger partial charge in [0.05, 0.1) is 5.54 Å². The van der Waals surface area contributed by atoms with E-state index in [0.29, 0.717) is 12.6 Å². The fourth-order valence-corrected chi connectivity index (χ4v) is 3.68. The number of guanidine groups is 1. The van der Waals surface area contributed by atoms with Crippen LogP contribution in [-0.2, 0) is 4.74 Å². The van der Waals surface area contributed by atoms with Crippen molar-refractivity contribution in [3.8, 4) is 0 Å². The lowest BCUT2D eigenvalue weighted by atomic mass is 9.93. The number of piperidine rings is 1. The molecule has 0 saturated carbocycles. The van der Waals surface area contributed by atoms with E-state index in [1.165, 1.54) is 0 Å². The van der Waals surface area contributed by atoms with Crippen molar-refractivity contribution in [3.63, 3.8) is 0 Å². The van der Waals surface area contributed by atoms with E-state index in [-0.39, 0.29) is 6.09 Å². The van der Waals surface area contributed by atoms with Crippen molar-refractivity contribution in [3.05, 3.63) is 24.4 Å². The van der Waals surface area contributed by atoms with E-state index < -0.39 is 11.1 Å². The van der Waals surface area contributed by atoms with Gasteiger partial charge in [-0.05, 0) is 58.6 Å². The lowest BCUT2D eigenvalue weighted by Crippen LogP contribution is -2.58. The fourth-order valence-electron chi connectivity index (χ4n) is 3.68. The Morgan fingerprint density at radius 2 is 1.90 bits per heavy atom. The van der Waals surface area contributed by atoms with Crippen LogP contribution in [0.1, 0.15) is 60.3 Å². The number of nitrogens with zero attached hydrogens (tertiary/aromatic N) is 3. The Morgan fingerprint density at radius 3 is 2.42 bits per heavy atom. The van der Waals surface area contributed by atoms with Crippen LogP contribution in [-0.4, -0.2) is 60.9 Å². The van der Waals surface area contributed by atoms with Gasteiger partial charge in [-0.2, -0.15) is 0 Å². The lowest BCUT2D eigenvalue weighted by molar-refractivity contribution is 0.0448. The topological polar surface area (TPSA) is 90.9 Å². The van der Waals surface area contributed by atoms with Crippen LogP contribution in [0.2, 0.25) is 0 Å². The molecule has 0 aromatic carbocycles. The average Bonchev–Trinajstić information content (AvgIpc) is 2.75. The van der Waals surface area contributed by atoms with Crippen molar-refractivity contribution in [2.75, 3.05) is 31.6 Å². The molecule has 3 N–H and O–H groups in total. The minimum atomic E-state index is -0.521. The summed E-state index contributed by atoms with van der Waals surface area (Å²) >= 11 is 0. The second-order valence-corrected chi connectivity index (χ2v) is 9.13. The van der Waals surface area contributed by atoms with Crippen molar-refractivity contribution in [2.24, 2.45) is 4.99 Å². The van der Waals surface area contributed by atoms with Crippen LogP contribution in [0.5, 0.6) is 0 Å². The molecule has 0 atom stereocenters. The first-order valence-corrected chi connectivity index (χ1v) is 11.3. The van der Waals surface area contributed by atoms with Gasteiger partial charge in [0.25, 0.3) is 0 Å². The molecule has 2 heterocycles. The summed E-state index contributed by atoms with van der Waals surface area (Å²) in [6.07, 6.45) is 5.05. The summed E-state index contributed by atoms with van der Waals surface area (Å²) in [4.78, 5) is 23.5. The number of carbonyl (C=O) groups is 1. The number of amides is 1. The van der Waals surface area contributed by atoms with Gasteiger partial charge in [0.15, 0.2) is 5.96 Å². The molecule has 1 amide bonds. The first kappa shape index (κ1) is 24.8. The fraction of sp³-hybridized carbons (Fsp3) is 0.696. The summed E-state index contributed by atoms with van der Waals surface area (Å²) in [5, 5.41) is 10.0. The first-order valence-electron chi connectivity index (χ1n) is 11.3. The number of alkyl carbamates (subject to hydrolysis) is 1. The van der Waals surface area contributed by atoms with Gasteiger partial charge in [-0.25, -0.2) is 9.78 Å². The molecule has 174 valence electrons. The highest BCUT2D eigenvalue weighted by atomic mass is 16.6. The van der Waals surface area contributed by atoms with Crippen LogP contribution >= 0.6 is 0 Å². The van der Waals surface area contributed by atoms with Crippen LogP contribution in [0, 0.1) is 0 Å². The van der Waals surface area contributed by atoms with Crippen LogP contribution in [0.3, 0.4) is 0 Å². The van der Waals surface area contributed by atoms with E-state index in [4.69, 9.17) is 4.74 Å². The molecule has 1 saturated heterocycles. The Hall–Kier alpha value is -2.51. The normalized spacial score (nSPS) is 16.1. The second kappa shape index (κ2) is 11.2. The molecule has 0 bridgehead atoms. The van der Waals surface area contributed by atoms with E-state index in [1.54, 1.807) is 7.05 Å². The predicted octanol–water partition coefficient (Wildman–Crippen LogP) is 3.30. The molecule has 8 heteroatoms. The molecular weight excluding hydrogens is 392 g/mol. The summed E-state index contributed by atoms with van der Waals surface area (Å²) in [7, 11) is 1.78. The van der Waals surface area contributed by atoms with Crippen molar-refractivity contribution < 1.29 is 9.53 Å². The SMILES string of the molecule is CCC(CC)(CNC(=NC)NC1CCN(c2ccccn2)CC1)NC(=O)OC(C)(C)C. The number of hydrogen-bond acceptors (Lipinski definition) is 5. The highest BCUT2D eigenvalue weighted by Crippen LogP contribution is 2.18. The molecule has 1 aliphatic rings. The van der Waals surface area contributed by atoms with Gasteiger partial charge >= 0.3 is 6.09 Å². The summed E-state index contributed by atoms with van der Waals surface area (Å²) in [5.41, 5.74) is -0.922. The smallest absolute Gasteiger partial charge is 0.408 e. The van der Waals surface area contributed by atoms with Crippen LogP contribution < -0.4 is 20.9 Å². The molecule has 0 radical (unpaired) electrons. The van der Waals surface area contributed by atoms with Crippen molar-refractivity contribution >= 4 is 17.9 Å². The van der Waals surface area contributed by atoms with Crippen molar-refractivity contribution in [2.45, 2.75) is 77.5 Å². The van der Waals surface area contributed by atoms with E-state index in [0.717, 1.165) is 50.6 Å². The number of aliphatic imine (C=N–C) groups is 1. The van der Waals surface area contributed by atoms with Crippen molar-refractivity contribution in [1.29, 1.82) is 0 Å². The van der Waals surface area contributed by atoms with Crippen LogP contribution in [0.4, 0.5) is 10.6 Å². The Labute approximate surface area is 187 Å². The zero-order valence-corrected chi connectivity index (χ0v) is 20.0. The Morgan fingerprint density at radius 1 is 1.23 bits per heavy atom. The molecule has 1 fully saturated rings. The number of carbonyl (C=O) groups excluding carboxylic acids is 1. The Bertz CT molecular complexity index is 705. The number of aromatic nitrogens is 1. The minimum absolute atomic E-state index is 0.350. The minimum Gasteiger partial charge on any atom is -0.444 e. The van der Waals surface area contributed by atoms with Gasteiger partial charge in [-0.1, -0.05) is 19.9 Å². The molecule has 0 aliphatic carbocycles. The maximum absolute atomic E-state index is 12.4. The van der Waals surface area contributed by atoms with Gasteiger partial charge in [-0.3, -0.25) is 4.99 Å². The number of nitrogens with one attached hydrogen (secondary N) is 3. The molecular formula is C23H40N6O2. The van der Waals surface area contributed by atoms with Gasteiger partial charge in [0.2, 0.25) is 0 Å². The summed E-state index contributed by atoms with van der Waals surface area (Å²) in [5.74, 6) is 1.79. The first-order chi connectivity index (χ1) is 14.7. The highest BCUT2D eigenvalue weighted by Gasteiger charge is 2.31. The molecule has 0 unspecified atom stereocenters. The Kier molecular flexibility index (Phi) is 8.95. The maximum Gasteiger partial charge on any atom is 0.408 e. The third kappa shape index (κ3) is 7.92. The summed E-state index contributed by atoms with van der Waals surface area (Å²) in [6, 6.07) is 6.37. The van der Waals surface area contributed by atoms with E-state index >= 15 is 0 Å². The number of rotatable bonds is 7. The number of hydrogen-bond donors (Lipinski definition) is 3. The molecule has 1 aliphatic heterocycles. The highest BCUT2D eigenvalue weighted by molar-refractivity contribution is 5.80. The van der Waals surface area contributed by atoms with Gasteiger partial charge in [0, 0.05) is 38.9 Å². The number of anilines is 1. The second-order valence-electron chi connectivity index (χ2n) is 9.13. The van der Waals surface area contributed by atoms with Crippen molar-refractivity contribution in [1.82, 2.24) is 20.9 Å². The van der Waals surface area contributed by atoms with Gasteiger partial charge < -0.3 is 25.6 Å². The summed E-state index contributed by atoms with van der Waals surface area (Å²) in [6.45, 7) is 12.3. The molecule has 1 aromatic heterocycles. The summed E-state index contributed by atoms with van der Waals surface area (Å²) < 4.78 is 5.46. The zero-order chi connectivity index (χ0) is 22.9. The Balaban J connectivity index is 1.86. The monoisotopic (exact) mass is 432 g/mol. The lowest BCUT2D eigenvalue weighted by Gasteiger charge is -2.36. The number of pyridine rings is 1. The van der Waals surface area contributed by atoms with E-state index in [1.807, 2.05) is 39.1 Å². The van der Waals surface area contributed by atoms with Gasteiger partial charge in [0.1, 0.15) is 11.4 Å². The maximum atomic E-state index is 12.4. The molecule has 1 aromatic rings. The number of ether oxygens (including phenoxy) is 1.